The number of anilines is 1. The minimum atomic E-state index is -1.30. The summed E-state index contributed by atoms with van der Waals surface area (Å²) in [5.74, 6) is -3.11. The molecule has 8 nitrogen and oxygen atoms in total. The molecule has 3 saturated heterocycles. The third kappa shape index (κ3) is 5.31. The van der Waals surface area contributed by atoms with Crippen LogP contribution in [-0.2, 0) is 4.74 Å². The van der Waals surface area contributed by atoms with E-state index in [2.05, 4.69) is 14.9 Å². The predicted octanol–water partition coefficient (Wildman–Crippen LogP) is 5.77. The van der Waals surface area contributed by atoms with Gasteiger partial charge in [0.15, 0.2) is 5.82 Å². The summed E-state index contributed by atoms with van der Waals surface area (Å²) in [6, 6.07) is 5.75. The Morgan fingerprint density at radius 2 is 1.96 bits per heavy atom. The number of hydrogen-bond donors (Lipinski definition) is 2. The van der Waals surface area contributed by atoms with Gasteiger partial charge in [-0.2, -0.15) is 9.97 Å². The van der Waals surface area contributed by atoms with Crippen molar-refractivity contribution in [2.24, 2.45) is 0 Å². The van der Waals surface area contributed by atoms with Crippen LogP contribution < -0.4 is 9.64 Å². The van der Waals surface area contributed by atoms with Crippen LogP contribution >= 0.6 is 11.6 Å². The van der Waals surface area contributed by atoms with E-state index in [9.17, 15) is 19.0 Å². The van der Waals surface area contributed by atoms with Gasteiger partial charge in [0.2, 0.25) is 0 Å². The molecule has 0 radical (unpaired) electrons. The fraction of sp³-hybridized carbons (Fsp3) is 0.438. The van der Waals surface area contributed by atoms with Crippen molar-refractivity contribution >= 4 is 39.1 Å². The van der Waals surface area contributed by atoms with Crippen molar-refractivity contribution in [1.29, 1.82) is 0 Å². The lowest BCUT2D eigenvalue weighted by Gasteiger charge is -2.31. The van der Waals surface area contributed by atoms with Crippen LogP contribution in [0.2, 0.25) is 5.02 Å². The van der Waals surface area contributed by atoms with Crippen molar-refractivity contribution in [2.75, 3.05) is 50.9 Å². The summed E-state index contributed by atoms with van der Waals surface area (Å²) in [6.45, 7) is 3.27. The predicted molar refractivity (Wildman–Crippen MR) is 161 cm³/mol. The second kappa shape index (κ2) is 11.1. The number of β-amino-alcohol motifs (C(OH)–C–C–N with tert-alkyl or cyclic N) is 1. The van der Waals surface area contributed by atoms with Crippen molar-refractivity contribution in [1.82, 2.24) is 14.9 Å². The van der Waals surface area contributed by atoms with Crippen molar-refractivity contribution in [3.63, 3.8) is 0 Å². The molecule has 0 spiro atoms. The van der Waals surface area contributed by atoms with Crippen LogP contribution in [0, 0.1) is 17.5 Å². The fourth-order valence-electron chi connectivity index (χ4n) is 7.12. The molecule has 3 atom stereocenters. The monoisotopic (exact) mass is 646 g/mol. The molecule has 2 N–H and O–H groups in total. The van der Waals surface area contributed by atoms with Gasteiger partial charge in [0.05, 0.1) is 35.9 Å². The normalized spacial score (nSPS) is 25.7. The smallest absolute Gasteiger partial charge is 0.319 e. The number of fused-ring (bicyclic) bond motifs is 3. The minimum absolute atomic E-state index is 0.00545. The second-order valence-electron chi connectivity index (χ2n) is 12.6. The highest BCUT2D eigenvalue weighted by molar-refractivity contribution is 6.37. The molecule has 0 amide bonds. The highest BCUT2D eigenvalue weighted by atomic mass is 35.5. The number of phenols is 1. The molecule has 0 bridgehead atoms. The Morgan fingerprint density at radius 1 is 1.13 bits per heavy atom. The number of rotatable bonds is 5. The van der Waals surface area contributed by atoms with Crippen LogP contribution in [0.5, 0.6) is 11.8 Å². The Labute approximate surface area is 261 Å². The molecule has 3 aliphatic heterocycles. The molecule has 13 heteroatoms. The highest BCUT2D eigenvalue weighted by Crippen LogP contribution is 2.44. The molecule has 1 aromatic heterocycles. The molecular weight excluding hydrogens is 616 g/mol. The molecule has 3 aliphatic rings. The van der Waals surface area contributed by atoms with Gasteiger partial charge in [0, 0.05) is 35.8 Å². The Kier molecular flexibility index (Phi) is 7.46. The topological polar surface area (TPSA) is 91.2 Å². The van der Waals surface area contributed by atoms with E-state index >= 15 is 8.78 Å². The van der Waals surface area contributed by atoms with E-state index in [1.54, 1.807) is 11.8 Å². The van der Waals surface area contributed by atoms with Crippen LogP contribution in [-0.4, -0.2) is 88.4 Å². The summed E-state index contributed by atoms with van der Waals surface area (Å²) in [6.07, 6.45) is 0.927. The van der Waals surface area contributed by atoms with Crippen LogP contribution in [0.1, 0.15) is 26.2 Å². The van der Waals surface area contributed by atoms with E-state index in [0.717, 1.165) is 37.6 Å². The molecule has 0 saturated carbocycles. The standard InChI is InChI=1S/C32H31ClF4N4O4/c1-31(43)14-40(7-8-44-15-31)29-21-11-23(36)25(20-10-19(42)9-17-3-4-22(35)26(33)24(17)20)27(37)28(21)38-30(39-29)45-16-32-5-2-6-41(32)13-18(34)12-32/h3-4,9-11,18,42-43H,2,5-8,12-16H2,1H3/t18-,31+,32+/m1/s1. The summed E-state index contributed by atoms with van der Waals surface area (Å²) in [7, 11) is 0. The van der Waals surface area contributed by atoms with Gasteiger partial charge in [0.1, 0.15) is 47.1 Å². The lowest BCUT2D eigenvalue weighted by Crippen LogP contribution is -2.44. The summed E-state index contributed by atoms with van der Waals surface area (Å²) in [4.78, 5) is 12.7. The maximum absolute atomic E-state index is 16.7. The highest BCUT2D eigenvalue weighted by Gasteiger charge is 2.49. The van der Waals surface area contributed by atoms with E-state index in [-0.39, 0.29) is 82.7 Å². The van der Waals surface area contributed by atoms with Crippen LogP contribution in [0.3, 0.4) is 0 Å². The van der Waals surface area contributed by atoms with Crippen molar-refractivity contribution in [3.05, 3.63) is 52.8 Å². The first-order chi connectivity index (χ1) is 21.4. The number of aliphatic hydroxyl groups is 1. The second-order valence-corrected chi connectivity index (χ2v) is 12.9. The van der Waals surface area contributed by atoms with Crippen molar-refractivity contribution in [2.45, 2.75) is 43.5 Å². The third-order valence-electron chi connectivity index (χ3n) is 9.08. The summed E-state index contributed by atoms with van der Waals surface area (Å²) < 4.78 is 73.4. The number of hydrogen-bond acceptors (Lipinski definition) is 8. The Morgan fingerprint density at radius 3 is 2.78 bits per heavy atom. The summed E-state index contributed by atoms with van der Waals surface area (Å²) in [5, 5.41) is 21.2. The molecule has 238 valence electrons. The molecule has 7 rings (SSSR count). The van der Waals surface area contributed by atoms with Gasteiger partial charge in [-0.1, -0.05) is 17.7 Å². The first kappa shape index (κ1) is 30.2. The lowest BCUT2D eigenvalue weighted by molar-refractivity contribution is -0.0123. The first-order valence-electron chi connectivity index (χ1n) is 14.8. The summed E-state index contributed by atoms with van der Waals surface area (Å²) in [5.41, 5.74) is -2.87. The zero-order chi connectivity index (χ0) is 31.7. The molecule has 4 aromatic rings. The third-order valence-corrected chi connectivity index (χ3v) is 9.45. The van der Waals surface area contributed by atoms with Gasteiger partial charge >= 0.3 is 6.01 Å². The molecule has 3 fully saturated rings. The number of alkyl halides is 1. The van der Waals surface area contributed by atoms with E-state index in [1.165, 1.54) is 12.1 Å². The maximum atomic E-state index is 16.7. The van der Waals surface area contributed by atoms with Crippen LogP contribution in [0.25, 0.3) is 32.8 Å². The van der Waals surface area contributed by atoms with Crippen molar-refractivity contribution in [3.8, 4) is 22.9 Å². The first-order valence-corrected chi connectivity index (χ1v) is 15.2. The largest absolute Gasteiger partial charge is 0.508 e. The Hall–Kier alpha value is -3.45. The van der Waals surface area contributed by atoms with Gasteiger partial charge in [-0.05, 0) is 56.0 Å². The van der Waals surface area contributed by atoms with E-state index in [0.29, 0.717) is 13.0 Å². The fourth-order valence-corrected chi connectivity index (χ4v) is 7.40. The minimum Gasteiger partial charge on any atom is -0.508 e. The Bertz CT molecular complexity index is 1830. The average Bonchev–Trinajstić information content (AvgIpc) is 3.44. The average molecular weight is 647 g/mol. The molecular formula is C32H31ClF4N4O4. The molecule has 3 aromatic carbocycles. The zero-order valence-electron chi connectivity index (χ0n) is 24.4. The molecule has 0 unspecified atom stereocenters. The van der Waals surface area contributed by atoms with Gasteiger partial charge in [0.25, 0.3) is 0 Å². The Balaban J connectivity index is 1.41. The number of benzene rings is 3. The quantitative estimate of drug-likeness (QED) is 0.264. The molecule has 0 aliphatic carbocycles. The van der Waals surface area contributed by atoms with Crippen LogP contribution in [0.15, 0.2) is 30.3 Å². The lowest BCUT2D eigenvalue weighted by atomic mass is 9.95. The molecule has 45 heavy (non-hydrogen) atoms. The number of nitrogens with zero attached hydrogens (tertiary/aromatic N) is 4. The van der Waals surface area contributed by atoms with Crippen LogP contribution in [0.4, 0.5) is 23.4 Å². The van der Waals surface area contributed by atoms with E-state index < -0.39 is 40.3 Å². The SMILES string of the molecule is C[C@@]1(O)COCCN(c2nc(OC[C@@]34CCCN3C[C@H](F)C4)nc3c(F)c(-c4cc(O)cc5ccc(F)c(Cl)c45)c(F)cc23)C1. The summed E-state index contributed by atoms with van der Waals surface area (Å²) >= 11 is 6.29. The maximum Gasteiger partial charge on any atom is 0.319 e. The van der Waals surface area contributed by atoms with Gasteiger partial charge < -0.3 is 24.6 Å². The zero-order valence-corrected chi connectivity index (χ0v) is 25.2. The van der Waals surface area contributed by atoms with Gasteiger partial charge in [-0.15, -0.1) is 0 Å². The molecule has 4 heterocycles. The number of aromatic hydroxyl groups is 1. The van der Waals surface area contributed by atoms with E-state index in [1.807, 2.05) is 0 Å². The number of aromatic nitrogens is 2. The van der Waals surface area contributed by atoms with E-state index in [4.69, 9.17) is 21.1 Å². The number of ether oxygens (including phenoxy) is 2. The van der Waals surface area contributed by atoms with Crippen molar-refractivity contribution < 1.29 is 37.2 Å². The van der Waals surface area contributed by atoms with Gasteiger partial charge in [-0.25, -0.2) is 17.6 Å². The van der Waals surface area contributed by atoms with Gasteiger partial charge in [-0.3, -0.25) is 4.90 Å². The number of phenolic OH excluding ortho intramolecular Hbond substituents is 1. The number of halogens is 5.